The van der Waals surface area contributed by atoms with Crippen molar-refractivity contribution in [2.24, 2.45) is 0 Å². The molecule has 3 aromatic rings. The van der Waals surface area contributed by atoms with E-state index in [4.69, 9.17) is 5.26 Å². The van der Waals surface area contributed by atoms with Crippen LogP contribution in [0.25, 0.3) is 0 Å². The van der Waals surface area contributed by atoms with Crippen molar-refractivity contribution in [1.29, 1.82) is 5.26 Å². The molecule has 0 radical (unpaired) electrons. The van der Waals surface area contributed by atoms with E-state index in [-0.39, 0.29) is 4.90 Å². The molecule has 1 aliphatic heterocycles. The molecule has 32 heavy (non-hydrogen) atoms. The van der Waals surface area contributed by atoms with Gasteiger partial charge in [0.2, 0.25) is 10.0 Å². The summed E-state index contributed by atoms with van der Waals surface area (Å²) in [4.78, 5) is 11.3. The summed E-state index contributed by atoms with van der Waals surface area (Å²) in [5.74, 6) is 2.11. The van der Waals surface area contributed by atoms with Crippen LogP contribution in [0, 0.1) is 25.2 Å². The van der Waals surface area contributed by atoms with Crippen molar-refractivity contribution in [2.45, 2.75) is 18.7 Å². The highest BCUT2D eigenvalue weighted by molar-refractivity contribution is 7.89. The molecule has 2 heterocycles. The van der Waals surface area contributed by atoms with E-state index in [0.717, 1.165) is 11.5 Å². The van der Waals surface area contributed by atoms with Gasteiger partial charge >= 0.3 is 0 Å². The zero-order valence-electron chi connectivity index (χ0n) is 18.0. The van der Waals surface area contributed by atoms with Crippen LogP contribution in [-0.4, -0.2) is 48.9 Å². The van der Waals surface area contributed by atoms with Crippen LogP contribution in [-0.2, 0) is 10.0 Å². The fraction of sp³-hybridized carbons (Fsp3) is 0.261. The van der Waals surface area contributed by atoms with Gasteiger partial charge in [-0.25, -0.2) is 18.4 Å². The maximum atomic E-state index is 13.0. The smallest absolute Gasteiger partial charge is 0.243 e. The highest BCUT2D eigenvalue weighted by Crippen LogP contribution is 2.23. The molecule has 2 aromatic carbocycles. The first-order valence-corrected chi connectivity index (χ1v) is 11.7. The van der Waals surface area contributed by atoms with Crippen molar-refractivity contribution in [1.82, 2.24) is 14.3 Å². The number of hydrogen-bond donors (Lipinski definition) is 1. The van der Waals surface area contributed by atoms with Gasteiger partial charge in [0.05, 0.1) is 16.5 Å². The number of anilines is 3. The molecule has 1 aromatic heterocycles. The maximum Gasteiger partial charge on any atom is 0.243 e. The SMILES string of the molecule is Cc1ccc(Nc2cc(N3CCN(S(=O)(=O)c4ccc(C#N)cc4)CC3)nc(C)n2)cc1. The van der Waals surface area contributed by atoms with E-state index < -0.39 is 10.0 Å². The average Bonchev–Trinajstić information content (AvgIpc) is 2.80. The zero-order valence-corrected chi connectivity index (χ0v) is 18.8. The first-order valence-electron chi connectivity index (χ1n) is 10.3. The van der Waals surface area contributed by atoms with Crippen molar-refractivity contribution in [2.75, 3.05) is 36.4 Å². The van der Waals surface area contributed by atoms with E-state index in [1.807, 2.05) is 50.2 Å². The minimum Gasteiger partial charge on any atom is -0.354 e. The summed E-state index contributed by atoms with van der Waals surface area (Å²) < 4.78 is 27.4. The van der Waals surface area contributed by atoms with Crippen molar-refractivity contribution in [3.05, 3.63) is 71.5 Å². The van der Waals surface area contributed by atoms with Crippen LogP contribution in [0.3, 0.4) is 0 Å². The van der Waals surface area contributed by atoms with Crippen LogP contribution in [0.15, 0.2) is 59.5 Å². The van der Waals surface area contributed by atoms with Crippen LogP contribution >= 0.6 is 0 Å². The molecule has 164 valence electrons. The molecular formula is C23H24N6O2S. The number of nitrogens with zero attached hydrogens (tertiary/aromatic N) is 5. The lowest BCUT2D eigenvalue weighted by atomic mass is 10.2. The third kappa shape index (κ3) is 4.72. The highest BCUT2D eigenvalue weighted by atomic mass is 32.2. The molecule has 1 fully saturated rings. The van der Waals surface area contributed by atoms with E-state index in [0.29, 0.717) is 43.4 Å². The van der Waals surface area contributed by atoms with Crippen molar-refractivity contribution in [3.8, 4) is 6.07 Å². The summed E-state index contributed by atoms with van der Waals surface area (Å²) in [5.41, 5.74) is 2.56. The lowest BCUT2D eigenvalue weighted by Crippen LogP contribution is -2.49. The van der Waals surface area contributed by atoms with Gasteiger partial charge in [0, 0.05) is 37.9 Å². The van der Waals surface area contributed by atoms with Gasteiger partial charge in [0.25, 0.3) is 0 Å². The lowest BCUT2D eigenvalue weighted by Gasteiger charge is -2.34. The van der Waals surface area contributed by atoms with Gasteiger partial charge in [-0.1, -0.05) is 17.7 Å². The van der Waals surface area contributed by atoms with Crippen LogP contribution in [0.4, 0.5) is 17.3 Å². The number of rotatable bonds is 5. The molecule has 0 unspecified atom stereocenters. The first-order chi connectivity index (χ1) is 15.3. The summed E-state index contributed by atoms with van der Waals surface area (Å²) in [6, 6.07) is 18.0. The predicted molar refractivity (Wildman–Crippen MR) is 123 cm³/mol. The first kappa shape index (κ1) is 21.7. The van der Waals surface area contributed by atoms with Crippen molar-refractivity contribution >= 4 is 27.3 Å². The Labute approximate surface area is 188 Å². The molecule has 0 spiro atoms. The van der Waals surface area contributed by atoms with Crippen LogP contribution in [0.5, 0.6) is 0 Å². The minimum absolute atomic E-state index is 0.201. The fourth-order valence-corrected chi connectivity index (χ4v) is 4.99. The van der Waals surface area contributed by atoms with Gasteiger partial charge in [-0.15, -0.1) is 0 Å². The number of aromatic nitrogens is 2. The Bertz CT molecular complexity index is 1240. The van der Waals surface area contributed by atoms with E-state index in [9.17, 15) is 8.42 Å². The Kier molecular flexibility index (Phi) is 6.08. The summed E-state index contributed by atoms with van der Waals surface area (Å²) >= 11 is 0. The number of nitrogens with one attached hydrogen (secondary N) is 1. The maximum absolute atomic E-state index is 13.0. The highest BCUT2D eigenvalue weighted by Gasteiger charge is 2.29. The van der Waals surface area contributed by atoms with Gasteiger partial charge < -0.3 is 10.2 Å². The topological polar surface area (TPSA) is 102 Å². The molecule has 1 N–H and O–H groups in total. The normalized spacial score (nSPS) is 14.7. The third-order valence-electron chi connectivity index (χ3n) is 5.33. The predicted octanol–water partition coefficient (Wildman–Crippen LogP) is 3.22. The average molecular weight is 449 g/mol. The Morgan fingerprint density at radius 2 is 1.59 bits per heavy atom. The van der Waals surface area contributed by atoms with Gasteiger partial charge in [-0.05, 0) is 50.2 Å². The molecule has 0 atom stereocenters. The Morgan fingerprint density at radius 1 is 0.938 bits per heavy atom. The van der Waals surface area contributed by atoms with Gasteiger partial charge in [-0.2, -0.15) is 9.57 Å². The third-order valence-corrected chi connectivity index (χ3v) is 7.25. The number of aryl methyl sites for hydroxylation is 2. The summed E-state index contributed by atoms with van der Waals surface area (Å²) in [6.45, 7) is 5.64. The molecule has 4 rings (SSSR count). The largest absolute Gasteiger partial charge is 0.354 e. The number of benzene rings is 2. The number of sulfonamides is 1. The number of hydrogen-bond acceptors (Lipinski definition) is 7. The van der Waals surface area contributed by atoms with Gasteiger partial charge in [0.15, 0.2) is 0 Å². The number of nitriles is 1. The van der Waals surface area contributed by atoms with E-state index in [1.165, 1.54) is 34.1 Å². The van der Waals surface area contributed by atoms with Crippen molar-refractivity contribution in [3.63, 3.8) is 0 Å². The van der Waals surface area contributed by atoms with Crippen LogP contribution < -0.4 is 10.2 Å². The molecule has 0 saturated carbocycles. The second kappa shape index (κ2) is 8.94. The van der Waals surface area contributed by atoms with E-state index in [1.54, 1.807) is 0 Å². The van der Waals surface area contributed by atoms with E-state index in [2.05, 4.69) is 20.2 Å². The molecule has 1 saturated heterocycles. The summed E-state index contributed by atoms with van der Waals surface area (Å²) in [5, 5.41) is 12.2. The quantitative estimate of drug-likeness (QED) is 0.639. The second-order valence-electron chi connectivity index (χ2n) is 7.68. The molecule has 0 bridgehead atoms. The molecule has 0 aliphatic carbocycles. The monoisotopic (exact) mass is 448 g/mol. The molecule has 1 aliphatic rings. The molecule has 8 nitrogen and oxygen atoms in total. The summed E-state index contributed by atoms with van der Waals surface area (Å²) in [6.07, 6.45) is 0. The Morgan fingerprint density at radius 3 is 2.22 bits per heavy atom. The second-order valence-corrected chi connectivity index (χ2v) is 9.61. The Hall–Kier alpha value is -3.48. The van der Waals surface area contributed by atoms with Gasteiger partial charge in [-0.3, -0.25) is 0 Å². The number of piperazine rings is 1. The minimum atomic E-state index is -3.60. The Balaban J connectivity index is 1.46. The van der Waals surface area contributed by atoms with Crippen molar-refractivity contribution < 1.29 is 8.42 Å². The van der Waals surface area contributed by atoms with Crippen LogP contribution in [0.2, 0.25) is 0 Å². The summed E-state index contributed by atoms with van der Waals surface area (Å²) in [7, 11) is -3.60. The zero-order chi connectivity index (χ0) is 22.7. The van der Waals surface area contributed by atoms with E-state index >= 15 is 0 Å². The standard InChI is InChI=1S/C23H24N6O2S/c1-17-3-7-20(8-4-17)27-22-15-23(26-18(2)25-22)28-11-13-29(14-12-28)32(30,31)21-9-5-19(16-24)6-10-21/h3-10,15H,11-14H2,1-2H3,(H,25,26,27). The lowest BCUT2D eigenvalue weighted by molar-refractivity contribution is 0.383. The molecular weight excluding hydrogens is 424 g/mol. The fourth-order valence-electron chi connectivity index (χ4n) is 3.57. The van der Waals surface area contributed by atoms with Gasteiger partial charge in [0.1, 0.15) is 17.5 Å². The van der Waals surface area contributed by atoms with Crippen LogP contribution in [0.1, 0.15) is 17.0 Å². The molecule has 0 amide bonds. The molecule has 9 heteroatoms.